The van der Waals surface area contributed by atoms with Crippen molar-refractivity contribution in [2.24, 2.45) is 0 Å². The molecule has 28 heavy (non-hydrogen) atoms. The Labute approximate surface area is 171 Å². The van der Waals surface area contributed by atoms with Crippen LogP contribution in [-0.4, -0.2) is 15.9 Å². The lowest BCUT2D eigenvalue weighted by Gasteiger charge is -2.05. The predicted molar refractivity (Wildman–Crippen MR) is 115 cm³/mol. The quantitative estimate of drug-likeness (QED) is 0.402. The SMILES string of the molecule is Cc1ccc(-c2nc(C)c(CC(=O)OCc3ccc4ncsc4c3)s2)c(C)c1. The van der Waals surface area contributed by atoms with Gasteiger partial charge < -0.3 is 4.74 Å². The Balaban J connectivity index is 1.43. The van der Waals surface area contributed by atoms with Crippen molar-refractivity contribution < 1.29 is 9.53 Å². The fraction of sp³-hybridized carbons (Fsp3) is 0.227. The molecule has 2 aromatic heterocycles. The van der Waals surface area contributed by atoms with Gasteiger partial charge in [0.05, 0.1) is 27.8 Å². The van der Waals surface area contributed by atoms with E-state index in [9.17, 15) is 4.79 Å². The van der Waals surface area contributed by atoms with Crippen molar-refractivity contribution in [1.29, 1.82) is 0 Å². The normalized spacial score (nSPS) is 11.1. The fourth-order valence-electron chi connectivity index (χ4n) is 3.10. The molecule has 0 unspecified atom stereocenters. The zero-order valence-corrected chi connectivity index (χ0v) is 17.6. The third kappa shape index (κ3) is 3.98. The second kappa shape index (κ2) is 7.81. The van der Waals surface area contributed by atoms with Crippen LogP contribution in [0.25, 0.3) is 20.8 Å². The van der Waals surface area contributed by atoms with Crippen LogP contribution in [0.2, 0.25) is 0 Å². The third-order valence-corrected chi connectivity index (χ3v) is 6.59. The van der Waals surface area contributed by atoms with Gasteiger partial charge in [-0.25, -0.2) is 9.97 Å². The highest BCUT2D eigenvalue weighted by Crippen LogP contribution is 2.31. The minimum Gasteiger partial charge on any atom is -0.461 e. The molecule has 0 amide bonds. The van der Waals surface area contributed by atoms with E-state index < -0.39 is 0 Å². The summed E-state index contributed by atoms with van der Waals surface area (Å²) in [4.78, 5) is 22.3. The summed E-state index contributed by atoms with van der Waals surface area (Å²) < 4.78 is 6.59. The highest BCUT2D eigenvalue weighted by molar-refractivity contribution is 7.16. The molecule has 2 heterocycles. The van der Waals surface area contributed by atoms with Gasteiger partial charge in [-0.15, -0.1) is 22.7 Å². The van der Waals surface area contributed by atoms with Gasteiger partial charge in [-0.05, 0) is 44.0 Å². The highest BCUT2D eigenvalue weighted by atomic mass is 32.1. The third-order valence-electron chi connectivity index (χ3n) is 4.61. The average molecular weight is 409 g/mol. The zero-order valence-electron chi connectivity index (χ0n) is 16.0. The van der Waals surface area contributed by atoms with Crippen LogP contribution in [0.5, 0.6) is 0 Å². The molecular weight excluding hydrogens is 388 g/mol. The first kappa shape index (κ1) is 18.8. The summed E-state index contributed by atoms with van der Waals surface area (Å²) in [5, 5.41) is 0.952. The fourth-order valence-corrected chi connectivity index (χ4v) is 4.98. The molecule has 0 aliphatic heterocycles. The second-order valence-corrected chi connectivity index (χ2v) is 8.81. The molecule has 2 aromatic carbocycles. The lowest BCUT2D eigenvalue weighted by molar-refractivity contribution is -0.144. The number of hydrogen-bond acceptors (Lipinski definition) is 6. The maximum absolute atomic E-state index is 12.4. The summed E-state index contributed by atoms with van der Waals surface area (Å²) in [6.45, 7) is 6.39. The Morgan fingerprint density at radius 2 is 1.96 bits per heavy atom. The molecule has 0 aliphatic rings. The number of carbonyl (C=O) groups is 1. The standard InChI is InChI=1S/C22H20N2O2S2/c1-13-4-6-17(14(2)8-13)22-24-15(3)19(28-22)10-21(25)26-11-16-5-7-18-20(9-16)27-12-23-18/h4-9,12H,10-11H2,1-3H3. The van der Waals surface area contributed by atoms with Crippen LogP contribution in [0.4, 0.5) is 0 Å². The number of aryl methyl sites for hydroxylation is 3. The molecule has 0 atom stereocenters. The van der Waals surface area contributed by atoms with Gasteiger partial charge in [0.25, 0.3) is 0 Å². The van der Waals surface area contributed by atoms with Crippen LogP contribution < -0.4 is 0 Å². The van der Waals surface area contributed by atoms with Crippen molar-refractivity contribution in [2.45, 2.75) is 33.8 Å². The maximum atomic E-state index is 12.4. The molecule has 0 aliphatic carbocycles. The largest absolute Gasteiger partial charge is 0.461 e. The van der Waals surface area contributed by atoms with Crippen molar-refractivity contribution >= 4 is 38.9 Å². The molecule has 0 saturated carbocycles. The molecule has 0 spiro atoms. The molecule has 0 N–H and O–H groups in total. The summed E-state index contributed by atoms with van der Waals surface area (Å²) in [6.07, 6.45) is 0.247. The summed E-state index contributed by atoms with van der Waals surface area (Å²) in [5.74, 6) is -0.233. The van der Waals surface area contributed by atoms with Crippen molar-refractivity contribution in [3.63, 3.8) is 0 Å². The number of nitrogens with zero attached hydrogens (tertiary/aromatic N) is 2. The molecule has 0 bridgehead atoms. The highest BCUT2D eigenvalue weighted by Gasteiger charge is 2.15. The first-order valence-corrected chi connectivity index (χ1v) is 10.7. The Kier molecular flexibility index (Phi) is 5.24. The van der Waals surface area contributed by atoms with Crippen molar-refractivity contribution in [3.8, 4) is 10.6 Å². The zero-order chi connectivity index (χ0) is 19.7. The van der Waals surface area contributed by atoms with Crippen LogP contribution in [0, 0.1) is 20.8 Å². The number of thiazole rings is 2. The van der Waals surface area contributed by atoms with E-state index in [0.29, 0.717) is 0 Å². The number of ether oxygens (including phenoxy) is 1. The maximum Gasteiger partial charge on any atom is 0.311 e. The van der Waals surface area contributed by atoms with Gasteiger partial charge in [-0.3, -0.25) is 4.79 Å². The van der Waals surface area contributed by atoms with Crippen LogP contribution >= 0.6 is 22.7 Å². The Morgan fingerprint density at radius 3 is 2.79 bits per heavy atom. The molecule has 142 valence electrons. The number of aromatic nitrogens is 2. The molecule has 0 radical (unpaired) electrons. The Hall–Kier alpha value is -2.57. The molecule has 4 nitrogen and oxygen atoms in total. The lowest BCUT2D eigenvalue weighted by Crippen LogP contribution is -2.07. The minimum atomic E-state index is -0.233. The monoisotopic (exact) mass is 408 g/mol. The van der Waals surface area contributed by atoms with Crippen molar-refractivity contribution in [1.82, 2.24) is 9.97 Å². The van der Waals surface area contributed by atoms with E-state index in [1.54, 1.807) is 22.7 Å². The van der Waals surface area contributed by atoms with E-state index in [1.165, 1.54) is 11.1 Å². The van der Waals surface area contributed by atoms with Gasteiger partial charge in [-0.1, -0.05) is 29.8 Å². The van der Waals surface area contributed by atoms with E-state index in [0.717, 1.165) is 36.9 Å². The van der Waals surface area contributed by atoms with E-state index in [2.05, 4.69) is 42.0 Å². The van der Waals surface area contributed by atoms with E-state index in [-0.39, 0.29) is 19.0 Å². The summed E-state index contributed by atoms with van der Waals surface area (Å²) in [7, 11) is 0. The van der Waals surface area contributed by atoms with Gasteiger partial charge in [0, 0.05) is 10.4 Å². The van der Waals surface area contributed by atoms with Crippen LogP contribution in [0.1, 0.15) is 27.3 Å². The summed E-state index contributed by atoms with van der Waals surface area (Å²) in [6, 6.07) is 12.3. The van der Waals surface area contributed by atoms with Crippen LogP contribution in [0.3, 0.4) is 0 Å². The summed E-state index contributed by atoms with van der Waals surface area (Å²) >= 11 is 3.15. The Bertz CT molecular complexity index is 1160. The van der Waals surface area contributed by atoms with Gasteiger partial charge in [0.2, 0.25) is 0 Å². The number of carbonyl (C=O) groups excluding carboxylic acids is 1. The number of hydrogen-bond donors (Lipinski definition) is 0. The van der Waals surface area contributed by atoms with Crippen molar-refractivity contribution in [3.05, 3.63) is 69.2 Å². The topological polar surface area (TPSA) is 52.1 Å². The van der Waals surface area contributed by atoms with Gasteiger partial charge in [-0.2, -0.15) is 0 Å². The number of fused-ring (bicyclic) bond motifs is 1. The van der Waals surface area contributed by atoms with Gasteiger partial charge >= 0.3 is 5.97 Å². The number of benzene rings is 2. The van der Waals surface area contributed by atoms with E-state index in [1.807, 2.05) is 30.6 Å². The Morgan fingerprint density at radius 1 is 1.11 bits per heavy atom. The first-order chi connectivity index (χ1) is 13.5. The van der Waals surface area contributed by atoms with Crippen LogP contribution in [0.15, 0.2) is 41.9 Å². The molecule has 4 rings (SSSR count). The molecule has 0 saturated heterocycles. The molecule has 6 heteroatoms. The van der Waals surface area contributed by atoms with Crippen molar-refractivity contribution in [2.75, 3.05) is 0 Å². The number of esters is 1. The predicted octanol–water partition coefficient (Wildman–Crippen LogP) is 5.63. The first-order valence-electron chi connectivity index (χ1n) is 9.01. The van der Waals surface area contributed by atoms with Crippen LogP contribution in [-0.2, 0) is 22.6 Å². The molecule has 4 aromatic rings. The molecular formula is C22H20N2O2S2. The van der Waals surface area contributed by atoms with Gasteiger partial charge in [0.15, 0.2) is 0 Å². The average Bonchev–Trinajstić information content (AvgIpc) is 3.26. The molecule has 0 fully saturated rings. The van der Waals surface area contributed by atoms with E-state index >= 15 is 0 Å². The summed E-state index contributed by atoms with van der Waals surface area (Å²) in [5.41, 5.74) is 8.21. The lowest BCUT2D eigenvalue weighted by atomic mass is 10.1. The second-order valence-electron chi connectivity index (χ2n) is 6.84. The minimum absolute atomic E-state index is 0.233. The van der Waals surface area contributed by atoms with E-state index in [4.69, 9.17) is 4.74 Å². The smallest absolute Gasteiger partial charge is 0.311 e. The number of rotatable bonds is 5. The van der Waals surface area contributed by atoms with Gasteiger partial charge in [0.1, 0.15) is 11.6 Å².